The van der Waals surface area contributed by atoms with E-state index in [1.165, 1.54) is 11.8 Å². The summed E-state index contributed by atoms with van der Waals surface area (Å²) < 4.78 is 12.9. The first-order valence-electron chi connectivity index (χ1n) is 14.1. The second-order valence-electron chi connectivity index (χ2n) is 10.1. The molecule has 0 bridgehead atoms. The molecule has 10 heteroatoms. The molecule has 0 aliphatic carbocycles. The van der Waals surface area contributed by atoms with Gasteiger partial charge in [-0.25, -0.2) is 4.68 Å². The van der Waals surface area contributed by atoms with E-state index in [9.17, 15) is 9.59 Å². The molecular formula is C34H31N5O4S. The first-order valence-corrected chi connectivity index (χ1v) is 15.2. The maximum Gasteiger partial charge on any atom is 0.240 e. The van der Waals surface area contributed by atoms with Crippen LogP contribution < -0.4 is 19.7 Å². The zero-order valence-corrected chi connectivity index (χ0v) is 25.2. The molecule has 222 valence electrons. The number of nitrogens with zero attached hydrogens (tertiary/aromatic N) is 4. The molecule has 0 unspecified atom stereocenters. The van der Waals surface area contributed by atoms with Gasteiger partial charge in [-0.15, -0.1) is 11.8 Å². The first-order chi connectivity index (χ1) is 21.6. The Balaban J connectivity index is 1.53. The Morgan fingerprint density at radius 3 is 2.41 bits per heavy atom. The summed E-state index contributed by atoms with van der Waals surface area (Å²) in [7, 11) is 3.25. The van der Waals surface area contributed by atoms with Gasteiger partial charge in [-0.3, -0.25) is 19.5 Å². The number of hydrogen-bond donors (Lipinski definition) is 1. The van der Waals surface area contributed by atoms with Crippen LogP contribution in [0, 0.1) is 0 Å². The van der Waals surface area contributed by atoms with Crippen molar-refractivity contribution in [1.29, 1.82) is 0 Å². The number of nitrogens with one attached hydrogen (secondary N) is 1. The number of para-hydroxylation sites is 1. The Hall–Kier alpha value is -5.09. The monoisotopic (exact) mass is 605 g/mol. The number of rotatable bonds is 9. The van der Waals surface area contributed by atoms with E-state index in [1.807, 2.05) is 97.1 Å². The molecule has 0 saturated heterocycles. The van der Waals surface area contributed by atoms with Gasteiger partial charge in [0.1, 0.15) is 23.9 Å². The maximum absolute atomic E-state index is 14.0. The van der Waals surface area contributed by atoms with Crippen molar-refractivity contribution in [1.82, 2.24) is 20.1 Å². The molecule has 1 aliphatic rings. The first kappa shape index (κ1) is 29.0. The Morgan fingerprint density at radius 1 is 0.932 bits per heavy atom. The van der Waals surface area contributed by atoms with Crippen LogP contribution in [-0.4, -0.2) is 53.1 Å². The number of pyridine rings is 1. The Labute approximate surface area is 259 Å². The SMILES string of the molecule is COc1ccc(-n2nc(-c3ccccc3)c3c2N(CC(=O)NCc2ccccn2)C(=O)CS[C@@H]3c2ccccc2OC)cc1. The maximum atomic E-state index is 14.0. The molecule has 2 amide bonds. The lowest BCUT2D eigenvalue weighted by Gasteiger charge is -2.23. The molecular weight excluding hydrogens is 574 g/mol. The van der Waals surface area contributed by atoms with Gasteiger partial charge < -0.3 is 14.8 Å². The van der Waals surface area contributed by atoms with Gasteiger partial charge in [0.25, 0.3) is 0 Å². The fraction of sp³-hybridized carbons (Fsp3) is 0.176. The predicted octanol–water partition coefficient (Wildman–Crippen LogP) is 5.44. The van der Waals surface area contributed by atoms with E-state index in [0.717, 1.165) is 28.1 Å². The van der Waals surface area contributed by atoms with Crippen molar-refractivity contribution < 1.29 is 19.1 Å². The molecule has 2 aromatic heterocycles. The van der Waals surface area contributed by atoms with Crippen LogP contribution in [0.25, 0.3) is 16.9 Å². The second-order valence-corrected chi connectivity index (χ2v) is 11.2. The number of carbonyl (C=O) groups is 2. The Morgan fingerprint density at radius 2 is 1.68 bits per heavy atom. The molecule has 0 saturated carbocycles. The van der Waals surface area contributed by atoms with Gasteiger partial charge in [-0.1, -0.05) is 54.6 Å². The fourth-order valence-electron chi connectivity index (χ4n) is 5.25. The highest BCUT2D eigenvalue weighted by Gasteiger charge is 2.38. The molecule has 3 heterocycles. The van der Waals surface area contributed by atoms with E-state index in [1.54, 1.807) is 30.0 Å². The van der Waals surface area contributed by atoms with E-state index >= 15 is 0 Å². The van der Waals surface area contributed by atoms with Crippen LogP contribution in [0.1, 0.15) is 22.1 Å². The molecule has 0 spiro atoms. The highest BCUT2D eigenvalue weighted by molar-refractivity contribution is 8.00. The number of benzene rings is 3. The predicted molar refractivity (Wildman–Crippen MR) is 171 cm³/mol. The largest absolute Gasteiger partial charge is 0.497 e. The average Bonchev–Trinajstić information content (AvgIpc) is 3.41. The van der Waals surface area contributed by atoms with E-state index in [2.05, 4.69) is 10.3 Å². The number of aromatic nitrogens is 3. The summed E-state index contributed by atoms with van der Waals surface area (Å²) >= 11 is 1.50. The van der Waals surface area contributed by atoms with Crippen molar-refractivity contribution in [2.75, 3.05) is 31.4 Å². The molecule has 44 heavy (non-hydrogen) atoms. The number of hydrogen-bond acceptors (Lipinski definition) is 7. The molecule has 1 aliphatic heterocycles. The molecule has 0 radical (unpaired) electrons. The number of carbonyl (C=O) groups excluding carboxylic acids is 2. The summed E-state index contributed by atoms with van der Waals surface area (Å²) in [6, 6.07) is 30.7. The summed E-state index contributed by atoms with van der Waals surface area (Å²) in [6.07, 6.45) is 1.68. The summed E-state index contributed by atoms with van der Waals surface area (Å²) in [6.45, 7) is 0.0636. The van der Waals surface area contributed by atoms with Gasteiger partial charge in [0.05, 0.1) is 48.8 Å². The minimum atomic E-state index is -0.311. The number of amides is 2. The normalized spacial score (nSPS) is 14.5. The fourth-order valence-corrected chi connectivity index (χ4v) is 6.47. The zero-order valence-electron chi connectivity index (χ0n) is 24.3. The van der Waals surface area contributed by atoms with Gasteiger partial charge >= 0.3 is 0 Å². The number of fused-ring (bicyclic) bond motifs is 1. The van der Waals surface area contributed by atoms with Crippen LogP contribution in [-0.2, 0) is 16.1 Å². The van der Waals surface area contributed by atoms with Crippen molar-refractivity contribution in [2.24, 2.45) is 0 Å². The minimum absolute atomic E-state index is 0.155. The summed E-state index contributed by atoms with van der Waals surface area (Å²) in [5.74, 6) is 1.59. The number of methoxy groups -OCH3 is 2. The third-order valence-electron chi connectivity index (χ3n) is 7.37. The van der Waals surface area contributed by atoms with Crippen molar-refractivity contribution in [2.45, 2.75) is 11.8 Å². The molecule has 9 nitrogen and oxygen atoms in total. The lowest BCUT2D eigenvalue weighted by atomic mass is 9.99. The lowest BCUT2D eigenvalue weighted by molar-refractivity contribution is -0.123. The van der Waals surface area contributed by atoms with E-state index in [4.69, 9.17) is 14.6 Å². The molecule has 1 N–H and O–H groups in total. The second kappa shape index (κ2) is 13.0. The molecule has 6 rings (SSSR count). The van der Waals surface area contributed by atoms with Gasteiger partial charge in [-0.05, 0) is 42.5 Å². The highest BCUT2D eigenvalue weighted by Crippen LogP contribution is 2.50. The van der Waals surface area contributed by atoms with E-state index in [0.29, 0.717) is 23.0 Å². The van der Waals surface area contributed by atoms with Crippen molar-refractivity contribution in [3.8, 4) is 28.4 Å². The molecule has 0 fully saturated rings. The van der Waals surface area contributed by atoms with Crippen molar-refractivity contribution in [3.05, 3.63) is 120 Å². The van der Waals surface area contributed by atoms with Crippen LogP contribution in [0.3, 0.4) is 0 Å². The van der Waals surface area contributed by atoms with Crippen LogP contribution in [0.15, 0.2) is 103 Å². The summed E-state index contributed by atoms with van der Waals surface area (Å²) in [4.78, 5) is 33.2. The van der Waals surface area contributed by atoms with Crippen LogP contribution in [0.4, 0.5) is 5.82 Å². The van der Waals surface area contributed by atoms with Gasteiger partial charge in [0.15, 0.2) is 0 Å². The molecule has 1 atom stereocenters. The summed E-state index contributed by atoms with van der Waals surface area (Å²) in [5, 5.41) is 7.74. The number of thioether (sulfide) groups is 1. The third-order valence-corrected chi connectivity index (χ3v) is 8.61. The highest BCUT2D eigenvalue weighted by atomic mass is 32.2. The quantitative estimate of drug-likeness (QED) is 0.239. The smallest absolute Gasteiger partial charge is 0.240 e. The zero-order chi connectivity index (χ0) is 30.5. The van der Waals surface area contributed by atoms with Crippen LogP contribution >= 0.6 is 11.8 Å². The van der Waals surface area contributed by atoms with Gasteiger partial charge in [-0.2, -0.15) is 5.10 Å². The van der Waals surface area contributed by atoms with E-state index < -0.39 is 0 Å². The van der Waals surface area contributed by atoms with Gasteiger partial charge in [0, 0.05) is 22.9 Å². The molecule has 3 aromatic carbocycles. The van der Waals surface area contributed by atoms with Crippen LogP contribution in [0.2, 0.25) is 0 Å². The van der Waals surface area contributed by atoms with Crippen molar-refractivity contribution >= 4 is 29.4 Å². The average molecular weight is 606 g/mol. The topological polar surface area (TPSA) is 98.6 Å². The standard InChI is InChI=1S/C34H31N5O4S/c1-42-26-17-15-25(16-18-26)39-34-31(32(37-39)23-10-4-3-5-11-23)33(27-13-6-7-14-28(27)43-2)44-22-30(41)38(34)21-29(40)36-20-24-12-8-9-19-35-24/h3-19,33H,20-22H2,1-2H3,(H,36,40)/t33-/m1/s1. The molecule has 5 aromatic rings. The third kappa shape index (κ3) is 5.89. The number of ether oxygens (including phenoxy) is 2. The number of anilines is 1. The lowest BCUT2D eigenvalue weighted by Crippen LogP contribution is -2.42. The van der Waals surface area contributed by atoms with Crippen molar-refractivity contribution in [3.63, 3.8) is 0 Å². The summed E-state index contributed by atoms with van der Waals surface area (Å²) in [5.41, 5.74) is 4.80. The van der Waals surface area contributed by atoms with Crippen LogP contribution in [0.5, 0.6) is 11.5 Å². The minimum Gasteiger partial charge on any atom is -0.497 e. The van der Waals surface area contributed by atoms with Gasteiger partial charge in [0.2, 0.25) is 11.8 Å². The Bertz CT molecular complexity index is 1760. The van der Waals surface area contributed by atoms with E-state index in [-0.39, 0.29) is 35.9 Å². The Kier molecular flexibility index (Phi) is 8.60.